The van der Waals surface area contributed by atoms with Crippen LogP contribution < -0.4 is 9.47 Å². The molecule has 25 heavy (non-hydrogen) atoms. The highest BCUT2D eigenvalue weighted by Crippen LogP contribution is 2.37. The Labute approximate surface area is 152 Å². The molecule has 1 aliphatic rings. The number of unbranched alkanes of at least 4 members (excludes halogenated alkanes) is 1. The average Bonchev–Trinajstić information content (AvgIpc) is 3.06. The molecular formula is C18H24ClNO5. The van der Waals surface area contributed by atoms with E-state index >= 15 is 0 Å². The van der Waals surface area contributed by atoms with Crippen molar-refractivity contribution in [1.29, 1.82) is 0 Å². The number of carboxylic acid groups (broad SMARTS) is 1. The highest BCUT2D eigenvalue weighted by atomic mass is 35.5. The van der Waals surface area contributed by atoms with Crippen molar-refractivity contribution in [3.05, 3.63) is 22.7 Å². The first-order valence-electron chi connectivity index (χ1n) is 8.62. The van der Waals surface area contributed by atoms with Crippen LogP contribution in [-0.4, -0.2) is 47.7 Å². The maximum absolute atomic E-state index is 12.7. The number of likely N-dealkylation sites (tertiary alicyclic amines) is 1. The third-order valence-electron chi connectivity index (χ3n) is 4.10. The van der Waals surface area contributed by atoms with E-state index in [0.29, 0.717) is 49.7 Å². The minimum absolute atomic E-state index is 0.288. The van der Waals surface area contributed by atoms with Gasteiger partial charge in [0.25, 0.3) is 5.91 Å². The number of amides is 1. The molecular weight excluding hydrogens is 346 g/mol. The van der Waals surface area contributed by atoms with Gasteiger partial charge in [0.1, 0.15) is 6.04 Å². The summed E-state index contributed by atoms with van der Waals surface area (Å²) in [5.41, 5.74) is 0.310. The highest BCUT2D eigenvalue weighted by molar-refractivity contribution is 6.32. The summed E-state index contributed by atoms with van der Waals surface area (Å²) in [6.07, 6.45) is 3.01. The quantitative estimate of drug-likeness (QED) is 0.708. The summed E-state index contributed by atoms with van der Waals surface area (Å²) in [5.74, 6) is -0.514. The van der Waals surface area contributed by atoms with Crippen LogP contribution in [0.3, 0.4) is 0 Å². The number of carbonyl (C=O) groups is 2. The molecule has 0 unspecified atom stereocenters. The van der Waals surface area contributed by atoms with Gasteiger partial charge in [-0.15, -0.1) is 0 Å². The van der Waals surface area contributed by atoms with Gasteiger partial charge in [-0.25, -0.2) is 4.79 Å². The van der Waals surface area contributed by atoms with E-state index in [4.69, 9.17) is 21.1 Å². The molecule has 0 spiro atoms. The zero-order valence-corrected chi connectivity index (χ0v) is 15.3. The number of nitrogens with zero attached hydrogens (tertiary/aromatic N) is 1. The first-order valence-corrected chi connectivity index (χ1v) is 9.00. The molecule has 6 nitrogen and oxygen atoms in total. The highest BCUT2D eigenvalue weighted by Gasteiger charge is 2.35. The molecule has 1 aromatic carbocycles. The molecule has 2 rings (SSSR count). The Morgan fingerprint density at radius 3 is 2.72 bits per heavy atom. The summed E-state index contributed by atoms with van der Waals surface area (Å²) in [7, 11) is 0. The first-order chi connectivity index (χ1) is 12.0. The van der Waals surface area contributed by atoms with Crippen LogP contribution in [0.4, 0.5) is 0 Å². The largest absolute Gasteiger partial charge is 0.490 e. The number of rotatable bonds is 8. The third kappa shape index (κ3) is 4.57. The van der Waals surface area contributed by atoms with Gasteiger partial charge < -0.3 is 19.5 Å². The number of ether oxygens (including phenoxy) is 2. The molecule has 0 aliphatic carbocycles. The zero-order chi connectivity index (χ0) is 18.4. The average molecular weight is 370 g/mol. The number of benzene rings is 1. The van der Waals surface area contributed by atoms with E-state index in [1.807, 2.05) is 6.92 Å². The predicted octanol–water partition coefficient (Wildman–Crippen LogP) is 3.61. The second-order valence-corrected chi connectivity index (χ2v) is 6.32. The Bertz CT molecular complexity index is 634. The van der Waals surface area contributed by atoms with E-state index in [2.05, 4.69) is 6.92 Å². The van der Waals surface area contributed by atoms with Crippen LogP contribution in [0.1, 0.15) is 49.9 Å². The maximum atomic E-state index is 12.7. The van der Waals surface area contributed by atoms with Gasteiger partial charge in [0.15, 0.2) is 11.5 Å². The lowest BCUT2D eigenvalue weighted by molar-refractivity contribution is -0.141. The van der Waals surface area contributed by atoms with Crippen LogP contribution in [0.2, 0.25) is 5.02 Å². The maximum Gasteiger partial charge on any atom is 0.326 e. The molecule has 1 N–H and O–H groups in total. The molecule has 0 saturated carbocycles. The Balaban J connectivity index is 2.28. The van der Waals surface area contributed by atoms with Crippen LogP contribution in [-0.2, 0) is 4.79 Å². The Kier molecular flexibility index (Phi) is 6.93. The third-order valence-corrected chi connectivity index (χ3v) is 4.38. The lowest BCUT2D eigenvalue weighted by Gasteiger charge is -2.22. The van der Waals surface area contributed by atoms with Gasteiger partial charge in [-0.05, 0) is 38.3 Å². The summed E-state index contributed by atoms with van der Waals surface area (Å²) in [5, 5.41) is 9.56. The lowest BCUT2D eigenvalue weighted by atomic mass is 10.1. The Morgan fingerprint density at radius 1 is 1.32 bits per heavy atom. The molecule has 7 heteroatoms. The van der Waals surface area contributed by atoms with Crippen LogP contribution >= 0.6 is 11.6 Å². The summed E-state index contributed by atoms with van der Waals surface area (Å²) in [6, 6.07) is 2.31. The van der Waals surface area contributed by atoms with E-state index in [1.165, 1.54) is 11.0 Å². The van der Waals surface area contributed by atoms with Crippen molar-refractivity contribution in [1.82, 2.24) is 4.90 Å². The molecule has 1 aliphatic heterocycles. The van der Waals surface area contributed by atoms with Crippen molar-refractivity contribution in [2.45, 2.75) is 45.6 Å². The van der Waals surface area contributed by atoms with Crippen molar-refractivity contribution >= 4 is 23.5 Å². The number of carbonyl (C=O) groups excluding carboxylic acids is 1. The van der Waals surface area contributed by atoms with Gasteiger partial charge >= 0.3 is 5.97 Å². The van der Waals surface area contributed by atoms with Crippen LogP contribution in [0.15, 0.2) is 12.1 Å². The number of aliphatic carboxylic acids is 1. The van der Waals surface area contributed by atoms with Crippen LogP contribution in [0, 0.1) is 0 Å². The second kappa shape index (κ2) is 8.94. The van der Waals surface area contributed by atoms with Crippen molar-refractivity contribution in [3.63, 3.8) is 0 Å². The van der Waals surface area contributed by atoms with Gasteiger partial charge in [0.2, 0.25) is 0 Å². The molecule has 1 heterocycles. The van der Waals surface area contributed by atoms with Gasteiger partial charge in [0, 0.05) is 12.1 Å². The number of halogens is 1. The van der Waals surface area contributed by atoms with Gasteiger partial charge in [-0.2, -0.15) is 0 Å². The fourth-order valence-electron chi connectivity index (χ4n) is 2.85. The van der Waals surface area contributed by atoms with E-state index in [9.17, 15) is 14.7 Å². The van der Waals surface area contributed by atoms with Crippen molar-refractivity contribution in [3.8, 4) is 11.5 Å². The molecule has 1 aromatic rings. The van der Waals surface area contributed by atoms with E-state index in [0.717, 1.165) is 12.8 Å². The second-order valence-electron chi connectivity index (χ2n) is 5.92. The topological polar surface area (TPSA) is 76.1 Å². The van der Waals surface area contributed by atoms with Crippen LogP contribution in [0.25, 0.3) is 0 Å². The van der Waals surface area contributed by atoms with E-state index < -0.39 is 12.0 Å². The minimum atomic E-state index is -0.985. The van der Waals surface area contributed by atoms with Crippen LogP contribution in [0.5, 0.6) is 11.5 Å². The van der Waals surface area contributed by atoms with Gasteiger partial charge in [0.05, 0.1) is 18.2 Å². The van der Waals surface area contributed by atoms with E-state index in [-0.39, 0.29) is 10.9 Å². The van der Waals surface area contributed by atoms with E-state index in [1.54, 1.807) is 6.07 Å². The standard InChI is InChI=1S/C18H24ClNO5/c1-3-5-9-25-16-13(19)10-12(11-15(16)24-4-2)17(21)20-8-6-7-14(20)18(22)23/h10-11,14H,3-9H2,1-2H3,(H,22,23)/t14-/m1/s1. The van der Waals surface area contributed by atoms with Crippen molar-refractivity contribution < 1.29 is 24.2 Å². The molecule has 1 fully saturated rings. The first kappa shape index (κ1) is 19.4. The van der Waals surface area contributed by atoms with Crippen molar-refractivity contribution in [2.75, 3.05) is 19.8 Å². The molecule has 138 valence electrons. The fourth-order valence-corrected chi connectivity index (χ4v) is 3.11. The number of hydrogen-bond donors (Lipinski definition) is 1. The monoisotopic (exact) mass is 369 g/mol. The minimum Gasteiger partial charge on any atom is -0.490 e. The summed E-state index contributed by atoms with van der Waals surface area (Å²) >= 11 is 6.31. The lowest BCUT2D eigenvalue weighted by Crippen LogP contribution is -2.40. The molecule has 1 amide bonds. The number of hydrogen-bond acceptors (Lipinski definition) is 4. The summed E-state index contributed by atoms with van der Waals surface area (Å²) in [6.45, 7) is 5.23. The molecule has 1 atom stereocenters. The molecule has 0 radical (unpaired) electrons. The predicted molar refractivity (Wildman–Crippen MR) is 94.7 cm³/mol. The smallest absolute Gasteiger partial charge is 0.326 e. The summed E-state index contributed by atoms with van der Waals surface area (Å²) < 4.78 is 11.3. The van der Waals surface area contributed by atoms with Gasteiger partial charge in [-0.1, -0.05) is 24.9 Å². The molecule has 0 aromatic heterocycles. The summed E-state index contributed by atoms with van der Waals surface area (Å²) in [4.78, 5) is 25.4. The fraction of sp³-hybridized carbons (Fsp3) is 0.556. The Morgan fingerprint density at radius 2 is 2.08 bits per heavy atom. The molecule has 0 bridgehead atoms. The SMILES string of the molecule is CCCCOc1c(Cl)cc(C(=O)N2CCC[C@@H]2C(=O)O)cc1OCC. The normalized spacial score (nSPS) is 16.8. The van der Waals surface area contributed by atoms with Gasteiger partial charge in [-0.3, -0.25) is 4.79 Å². The molecule has 1 saturated heterocycles. The zero-order valence-electron chi connectivity index (χ0n) is 14.6. The Hall–Kier alpha value is -1.95. The number of carboxylic acids is 1. The van der Waals surface area contributed by atoms with Crippen molar-refractivity contribution in [2.24, 2.45) is 0 Å².